The van der Waals surface area contributed by atoms with Crippen LogP contribution < -0.4 is 4.74 Å². The average molecular weight is 179 g/mol. The van der Waals surface area contributed by atoms with Gasteiger partial charge in [-0.25, -0.2) is 0 Å². The van der Waals surface area contributed by atoms with Crippen molar-refractivity contribution < 1.29 is 9.94 Å². The van der Waals surface area contributed by atoms with Crippen LogP contribution >= 0.6 is 0 Å². The molecule has 0 amide bonds. The van der Waals surface area contributed by atoms with Gasteiger partial charge in [-0.15, -0.1) is 5.16 Å². The second-order valence-electron chi connectivity index (χ2n) is 2.83. The second kappa shape index (κ2) is 4.50. The zero-order valence-corrected chi connectivity index (χ0v) is 7.77. The molecule has 0 radical (unpaired) electrons. The first-order chi connectivity index (χ1) is 6.27. The van der Waals surface area contributed by atoms with Crippen LogP contribution in [0.2, 0.25) is 0 Å². The number of oxime groups is 1. The number of hydrogen-bond acceptors (Lipinski definition) is 3. The van der Waals surface area contributed by atoms with E-state index < -0.39 is 0 Å². The molecule has 1 aromatic carbocycles. The van der Waals surface area contributed by atoms with Crippen molar-refractivity contribution in [1.82, 2.24) is 0 Å². The van der Waals surface area contributed by atoms with E-state index in [1.807, 2.05) is 31.2 Å². The molecule has 3 nitrogen and oxygen atoms in total. The third-order valence-electron chi connectivity index (χ3n) is 1.93. The molecule has 0 bridgehead atoms. The van der Waals surface area contributed by atoms with Crippen LogP contribution in [0.1, 0.15) is 18.4 Å². The van der Waals surface area contributed by atoms with E-state index in [0.717, 1.165) is 11.3 Å². The van der Waals surface area contributed by atoms with E-state index in [-0.39, 0.29) is 5.92 Å². The predicted molar refractivity (Wildman–Crippen MR) is 51.7 cm³/mol. The number of benzene rings is 1. The van der Waals surface area contributed by atoms with Gasteiger partial charge in [0.25, 0.3) is 0 Å². The number of hydrogen-bond donors (Lipinski definition) is 1. The summed E-state index contributed by atoms with van der Waals surface area (Å²) in [5.41, 5.74) is 1.10. The third kappa shape index (κ3) is 2.47. The minimum Gasteiger partial charge on any atom is -0.497 e. The lowest BCUT2D eigenvalue weighted by Gasteiger charge is -2.05. The van der Waals surface area contributed by atoms with Crippen molar-refractivity contribution in [3.8, 4) is 5.75 Å². The minimum atomic E-state index is 0.121. The topological polar surface area (TPSA) is 41.8 Å². The Morgan fingerprint density at radius 3 is 2.46 bits per heavy atom. The summed E-state index contributed by atoms with van der Waals surface area (Å²) in [7, 11) is 1.63. The van der Waals surface area contributed by atoms with E-state index in [0.29, 0.717) is 0 Å². The first kappa shape index (κ1) is 9.58. The molecule has 0 spiro atoms. The number of rotatable bonds is 3. The summed E-state index contributed by atoms with van der Waals surface area (Å²) in [6, 6.07) is 7.67. The molecule has 0 unspecified atom stereocenters. The Kier molecular flexibility index (Phi) is 3.31. The van der Waals surface area contributed by atoms with Gasteiger partial charge in [0.05, 0.1) is 13.3 Å². The molecular formula is C10H13NO2. The molecule has 1 atom stereocenters. The Hall–Kier alpha value is -1.51. The molecule has 0 aliphatic rings. The summed E-state index contributed by atoms with van der Waals surface area (Å²) in [5.74, 6) is 0.952. The normalized spacial score (nSPS) is 13.1. The molecule has 0 saturated carbocycles. The zero-order valence-electron chi connectivity index (χ0n) is 7.77. The van der Waals surface area contributed by atoms with Gasteiger partial charge in [-0.3, -0.25) is 0 Å². The molecule has 0 saturated heterocycles. The quantitative estimate of drug-likeness (QED) is 0.439. The van der Waals surface area contributed by atoms with Crippen LogP contribution in [-0.2, 0) is 0 Å². The first-order valence-electron chi connectivity index (χ1n) is 4.09. The fourth-order valence-electron chi connectivity index (χ4n) is 1.09. The number of ether oxygens (including phenoxy) is 1. The zero-order chi connectivity index (χ0) is 9.68. The monoisotopic (exact) mass is 179 g/mol. The lowest BCUT2D eigenvalue weighted by atomic mass is 10.0. The first-order valence-corrected chi connectivity index (χ1v) is 4.09. The largest absolute Gasteiger partial charge is 0.497 e. The fraction of sp³-hybridized carbons (Fsp3) is 0.300. The van der Waals surface area contributed by atoms with Crippen LogP contribution in [-0.4, -0.2) is 18.5 Å². The van der Waals surface area contributed by atoms with Gasteiger partial charge in [0, 0.05) is 5.92 Å². The smallest absolute Gasteiger partial charge is 0.118 e. The van der Waals surface area contributed by atoms with Crippen molar-refractivity contribution in [3.05, 3.63) is 29.8 Å². The Bertz CT molecular complexity index is 279. The van der Waals surface area contributed by atoms with Crippen LogP contribution in [0.25, 0.3) is 0 Å². The van der Waals surface area contributed by atoms with Gasteiger partial charge in [-0.2, -0.15) is 0 Å². The van der Waals surface area contributed by atoms with Gasteiger partial charge < -0.3 is 9.94 Å². The van der Waals surface area contributed by atoms with Crippen molar-refractivity contribution in [2.75, 3.05) is 7.11 Å². The summed E-state index contributed by atoms with van der Waals surface area (Å²) in [4.78, 5) is 0. The highest BCUT2D eigenvalue weighted by Gasteiger charge is 2.01. The molecule has 3 heteroatoms. The van der Waals surface area contributed by atoms with E-state index in [1.54, 1.807) is 7.11 Å². The summed E-state index contributed by atoms with van der Waals surface area (Å²) >= 11 is 0. The predicted octanol–water partition coefficient (Wildman–Crippen LogP) is 2.26. The van der Waals surface area contributed by atoms with Crippen LogP contribution in [0.5, 0.6) is 5.75 Å². The highest BCUT2D eigenvalue weighted by Crippen LogP contribution is 2.17. The van der Waals surface area contributed by atoms with Gasteiger partial charge in [0.2, 0.25) is 0 Å². The summed E-state index contributed by atoms with van der Waals surface area (Å²) in [6.07, 6.45) is 1.49. The lowest BCUT2D eigenvalue weighted by molar-refractivity contribution is 0.320. The van der Waals surface area contributed by atoms with Crippen molar-refractivity contribution in [2.45, 2.75) is 12.8 Å². The number of nitrogens with zero attached hydrogens (tertiary/aromatic N) is 1. The molecule has 0 heterocycles. The fourth-order valence-corrected chi connectivity index (χ4v) is 1.09. The van der Waals surface area contributed by atoms with Gasteiger partial charge >= 0.3 is 0 Å². The van der Waals surface area contributed by atoms with E-state index >= 15 is 0 Å². The Morgan fingerprint density at radius 1 is 1.38 bits per heavy atom. The molecule has 1 rings (SSSR count). The minimum absolute atomic E-state index is 0.121. The van der Waals surface area contributed by atoms with Crippen LogP contribution in [0.3, 0.4) is 0 Å². The van der Waals surface area contributed by atoms with Crippen molar-refractivity contribution >= 4 is 6.21 Å². The highest BCUT2D eigenvalue weighted by molar-refractivity contribution is 5.66. The van der Waals surface area contributed by atoms with E-state index in [9.17, 15) is 0 Å². The highest BCUT2D eigenvalue weighted by atomic mass is 16.5. The molecule has 0 fully saturated rings. The molecule has 0 aromatic heterocycles. The Labute approximate surface area is 77.6 Å². The SMILES string of the molecule is COc1ccc([C@H](C)/C=N\O)cc1. The van der Waals surface area contributed by atoms with Crippen LogP contribution in [0.15, 0.2) is 29.4 Å². The standard InChI is InChI=1S/C10H13NO2/c1-8(7-11-12)9-3-5-10(13-2)6-4-9/h3-8,12H,1-2H3/b11-7-/t8-/m1/s1. The lowest BCUT2D eigenvalue weighted by Crippen LogP contribution is -1.94. The molecular weight excluding hydrogens is 166 g/mol. The van der Waals surface area contributed by atoms with Crippen molar-refractivity contribution in [1.29, 1.82) is 0 Å². The number of methoxy groups -OCH3 is 1. The van der Waals surface area contributed by atoms with Crippen molar-refractivity contribution in [2.24, 2.45) is 5.16 Å². The summed E-state index contributed by atoms with van der Waals surface area (Å²) in [6.45, 7) is 1.96. The second-order valence-corrected chi connectivity index (χ2v) is 2.83. The van der Waals surface area contributed by atoms with E-state index in [4.69, 9.17) is 9.94 Å². The molecule has 0 aliphatic heterocycles. The van der Waals surface area contributed by atoms with Crippen molar-refractivity contribution in [3.63, 3.8) is 0 Å². The Morgan fingerprint density at radius 2 is 2.00 bits per heavy atom. The molecule has 1 N–H and O–H groups in total. The average Bonchev–Trinajstić information content (AvgIpc) is 2.18. The van der Waals surface area contributed by atoms with Crippen LogP contribution in [0, 0.1) is 0 Å². The van der Waals surface area contributed by atoms with E-state index in [1.165, 1.54) is 6.21 Å². The maximum absolute atomic E-state index is 8.34. The van der Waals surface area contributed by atoms with E-state index in [2.05, 4.69) is 5.16 Å². The molecule has 13 heavy (non-hydrogen) atoms. The maximum Gasteiger partial charge on any atom is 0.118 e. The summed E-state index contributed by atoms with van der Waals surface area (Å²) < 4.78 is 5.03. The van der Waals surface area contributed by atoms with Crippen LogP contribution in [0.4, 0.5) is 0 Å². The van der Waals surface area contributed by atoms with Gasteiger partial charge in [0.1, 0.15) is 5.75 Å². The molecule has 0 aliphatic carbocycles. The molecule has 1 aromatic rings. The Balaban J connectivity index is 2.79. The van der Waals surface area contributed by atoms with Gasteiger partial charge in [-0.1, -0.05) is 19.1 Å². The van der Waals surface area contributed by atoms with Gasteiger partial charge in [0.15, 0.2) is 0 Å². The maximum atomic E-state index is 8.34. The molecule has 70 valence electrons. The third-order valence-corrected chi connectivity index (χ3v) is 1.93. The van der Waals surface area contributed by atoms with Gasteiger partial charge in [-0.05, 0) is 17.7 Å². The summed E-state index contributed by atoms with van der Waals surface area (Å²) in [5, 5.41) is 11.3.